The van der Waals surface area contributed by atoms with Gasteiger partial charge in [0.1, 0.15) is 5.75 Å². The SMILES string of the molecule is C[C@H](Oc1ccc(/C=N\NC(=O)c2ccc3ccccc3c2)cc1)C(=O)O. The van der Waals surface area contributed by atoms with Crippen LogP contribution in [0, 0.1) is 0 Å². The molecule has 136 valence electrons. The van der Waals surface area contributed by atoms with Gasteiger partial charge < -0.3 is 9.84 Å². The molecular formula is C21H18N2O4. The van der Waals surface area contributed by atoms with Crippen LogP contribution < -0.4 is 10.2 Å². The lowest BCUT2D eigenvalue weighted by atomic mass is 10.1. The average molecular weight is 362 g/mol. The summed E-state index contributed by atoms with van der Waals surface area (Å²) in [5.41, 5.74) is 3.76. The summed E-state index contributed by atoms with van der Waals surface area (Å²) in [6, 6.07) is 20.0. The van der Waals surface area contributed by atoms with Crippen molar-refractivity contribution in [3.8, 4) is 5.75 Å². The van der Waals surface area contributed by atoms with Gasteiger partial charge in [-0.25, -0.2) is 10.2 Å². The third-order valence-corrected chi connectivity index (χ3v) is 3.93. The summed E-state index contributed by atoms with van der Waals surface area (Å²) < 4.78 is 5.25. The topological polar surface area (TPSA) is 88.0 Å². The van der Waals surface area contributed by atoms with Gasteiger partial charge >= 0.3 is 5.97 Å². The molecule has 0 saturated carbocycles. The number of nitrogens with zero attached hydrogens (tertiary/aromatic N) is 1. The summed E-state index contributed by atoms with van der Waals surface area (Å²) in [7, 11) is 0. The Morgan fingerprint density at radius 3 is 2.44 bits per heavy atom. The van der Waals surface area contributed by atoms with Gasteiger partial charge in [0.05, 0.1) is 6.21 Å². The van der Waals surface area contributed by atoms with E-state index in [0.717, 1.165) is 16.3 Å². The second-order valence-corrected chi connectivity index (χ2v) is 5.93. The maximum atomic E-state index is 12.2. The van der Waals surface area contributed by atoms with Gasteiger partial charge in [-0.2, -0.15) is 5.10 Å². The number of hydrogen-bond donors (Lipinski definition) is 2. The number of fused-ring (bicyclic) bond motifs is 1. The van der Waals surface area contributed by atoms with Crippen molar-refractivity contribution in [2.24, 2.45) is 5.10 Å². The molecule has 0 unspecified atom stereocenters. The number of benzene rings is 3. The highest BCUT2D eigenvalue weighted by Crippen LogP contribution is 2.16. The summed E-state index contributed by atoms with van der Waals surface area (Å²) in [4.78, 5) is 23.0. The van der Waals surface area contributed by atoms with Gasteiger partial charge in [0.15, 0.2) is 6.10 Å². The van der Waals surface area contributed by atoms with Crippen LogP contribution in [0.2, 0.25) is 0 Å². The van der Waals surface area contributed by atoms with E-state index in [-0.39, 0.29) is 5.91 Å². The summed E-state index contributed by atoms with van der Waals surface area (Å²) in [5.74, 6) is -0.883. The Balaban J connectivity index is 1.60. The molecule has 6 nitrogen and oxygen atoms in total. The van der Waals surface area contributed by atoms with Gasteiger partial charge in [0.25, 0.3) is 5.91 Å². The van der Waals surface area contributed by atoms with Gasteiger partial charge in [0.2, 0.25) is 0 Å². The fourth-order valence-corrected chi connectivity index (χ4v) is 2.45. The van der Waals surface area contributed by atoms with Gasteiger partial charge in [-0.3, -0.25) is 4.79 Å². The van der Waals surface area contributed by atoms with Crippen molar-refractivity contribution in [3.63, 3.8) is 0 Å². The molecule has 0 spiro atoms. The minimum absolute atomic E-state index is 0.299. The van der Waals surface area contributed by atoms with Gasteiger partial charge in [-0.15, -0.1) is 0 Å². The number of hydrogen-bond acceptors (Lipinski definition) is 4. The van der Waals surface area contributed by atoms with E-state index in [4.69, 9.17) is 9.84 Å². The smallest absolute Gasteiger partial charge is 0.344 e. The highest BCUT2D eigenvalue weighted by Gasteiger charge is 2.11. The largest absolute Gasteiger partial charge is 0.479 e. The van der Waals surface area contributed by atoms with Crippen LogP contribution >= 0.6 is 0 Å². The van der Waals surface area contributed by atoms with Crippen LogP contribution in [0.3, 0.4) is 0 Å². The predicted octanol–water partition coefficient (Wildman–Crippen LogP) is 3.46. The Morgan fingerprint density at radius 1 is 1.04 bits per heavy atom. The molecule has 3 aromatic rings. The molecule has 0 saturated heterocycles. The first-order valence-electron chi connectivity index (χ1n) is 8.34. The van der Waals surface area contributed by atoms with Gasteiger partial charge in [-0.1, -0.05) is 30.3 Å². The van der Waals surface area contributed by atoms with Crippen molar-refractivity contribution in [2.75, 3.05) is 0 Å². The van der Waals surface area contributed by atoms with Crippen LogP contribution in [0.25, 0.3) is 10.8 Å². The van der Waals surface area contributed by atoms with Crippen LogP contribution in [0.1, 0.15) is 22.8 Å². The second kappa shape index (κ2) is 8.14. The van der Waals surface area contributed by atoms with Crippen LogP contribution in [-0.4, -0.2) is 29.3 Å². The molecule has 6 heteroatoms. The molecule has 0 radical (unpaired) electrons. The van der Waals surface area contributed by atoms with E-state index < -0.39 is 12.1 Å². The van der Waals surface area contributed by atoms with Crippen LogP contribution in [0.15, 0.2) is 71.8 Å². The summed E-state index contributed by atoms with van der Waals surface area (Å²) in [6.45, 7) is 1.46. The minimum Gasteiger partial charge on any atom is -0.479 e. The molecule has 0 bridgehead atoms. The normalized spacial score (nSPS) is 12.0. The summed E-state index contributed by atoms with van der Waals surface area (Å²) in [6.07, 6.45) is 0.578. The van der Waals surface area contributed by atoms with Crippen molar-refractivity contribution >= 4 is 28.9 Å². The molecule has 3 aromatic carbocycles. The quantitative estimate of drug-likeness (QED) is 0.519. The molecular weight excluding hydrogens is 344 g/mol. The fraction of sp³-hybridized carbons (Fsp3) is 0.0952. The molecule has 3 rings (SSSR count). The summed E-state index contributed by atoms with van der Waals surface area (Å²) in [5, 5.41) is 14.8. The Hall–Kier alpha value is -3.67. The highest BCUT2D eigenvalue weighted by molar-refractivity contribution is 5.98. The zero-order valence-electron chi connectivity index (χ0n) is 14.6. The lowest BCUT2D eigenvalue weighted by Gasteiger charge is -2.09. The van der Waals surface area contributed by atoms with Crippen molar-refractivity contribution in [2.45, 2.75) is 13.0 Å². The monoisotopic (exact) mass is 362 g/mol. The lowest BCUT2D eigenvalue weighted by molar-refractivity contribution is -0.144. The Labute approximate surface area is 156 Å². The number of carbonyl (C=O) groups is 2. The van der Waals surface area contributed by atoms with Crippen molar-refractivity contribution in [1.82, 2.24) is 5.43 Å². The molecule has 0 aliphatic rings. The second-order valence-electron chi connectivity index (χ2n) is 5.93. The Bertz CT molecular complexity index is 996. The zero-order valence-corrected chi connectivity index (χ0v) is 14.6. The third kappa shape index (κ3) is 4.70. The zero-order chi connectivity index (χ0) is 19.2. The van der Waals surface area contributed by atoms with E-state index in [1.165, 1.54) is 13.1 Å². The van der Waals surface area contributed by atoms with E-state index in [1.54, 1.807) is 30.3 Å². The Kier molecular flexibility index (Phi) is 5.47. The average Bonchev–Trinajstić information content (AvgIpc) is 2.68. The number of amides is 1. The lowest BCUT2D eigenvalue weighted by Crippen LogP contribution is -2.22. The minimum atomic E-state index is -1.03. The molecule has 0 aliphatic heterocycles. The van der Waals surface area contributed by atoms with Gasteiger partial charge in [0, 0.05) is 5.56 Å². The predicted molar refractivity (Wildman–Crippen MR) is 103 cm³/mol. The number of carboxylic acid groups (broad SMARTS) is 1. The fourth-order valence-electron chi connectivity index (χ4n) is 2.45. The molecule has 0 aromatic heterocycles. The Morgan fingerprint density at radius 2 is 1.74 bits per heavy atom. The summed E-state index contributed by atoms with van der Waals surface area (Å²) >= 11 is 0. The molecule has 1 atom stereocenters. The number of carbonyl (C=O) groups excluding carboxylic acids is 1. The number of ether oxygens (including phenoxy) is 1. The van der Waals surface area contributed by atoms with Crippen LogP contribution in [0.4, 0.5) is 0 Å². The van der Waals surface area contributed by atoms with Crippen molar-refractivity contribution in [3.05, 3.63) is 77.9 Å². The van der Waals surface area contributed by atoms with Crippen molar-refractivity contribution in [1.29, 1.82) is 0 Å². The first-order chi connectivity index (χ1) is 13.0. The van der Waals surface area contributed by atoms with E-state index >= 15 is 0 Å². The van der Waals surface area contributed by atoms with Crippen LogP contribution in [0.5, 0.6) is 5.75 Å². The number of carboxylic acids is 1. The highest BCUT2D eigenvalue weighted by atomic mass is 16.5. The number of aliphatic carboxylic acids is 1. The first-order valence-corrected chi connectivity index (χ1v) is 8.34. The van der Waals surface area contributed by atoms with Crippen molar-refractivity contribution < 1.29 is 19.4 Å². The molecule has 1 amide bonds. The maximum Gasteiger partial charge on any atom is 0.344 e. The molecule has 0 heterocycles. The number of nitrogens with one attached hydrogen (secondary N) is 1. The molecule has 0 aliphatic carbocycles. The standard InChI is InChI=1S/C21H18N2O4/c1-14(21(25)26)27-19-10-6-15(7-11-19)13-22-23-20(24)18-9-8-16-4-2-3-5-17(16)12-18/h2-14H,1H3,(H,23,24)(H,25,26)/b22-13-/t14-/m0/s1. The third-order valence-electron chi connectivity index (χ3n) is 3.93. The number of hydrazone groups is 1. The molecule has 27 heavy (non-hydrogen) atoms. The van der Waals surface area contributed by atoms with E-state index in [9.17, 15) is 9.59 Å². The van der Waals surface area contributed by atoms with E-state index in [0.29, 0.717) is 11.3 Å². The van der Waals surface area contributed by atoms with Gasteiger partial charge in [-0.05, 0) is 59.7 Å². The maximum absolute atomic E-state index is 12.2. The number of rotatable bonds is 6. The first kappa shape index (κ1) is 18.1. The van der Waals surface area contributed by atoms with E-state index in [1.807, 2.05) is 36.4 Å². The van der Waals surface area contributed by atoms with Crippen LogP contribution in [-0.2, 0) is 4.79 Å². The van der Waals surface area contributed by atoms with E-state index in [2.05, 4.69) is 10.5 Å². The molecule has 2 N–H and O–H groups in total. The molecule has 0 fully saturated rings.